The van der Waals surface area contributed by atoms with E-state index in [1.54, 1.807) is 4.90 Å². The molecule has 142 valence electrons. The van der Waals surface area contributed by atoms with Crippen LogP contribution in [0.5, 0.6) is 5.75 Å². The number of alkyl halides is 3. The molecule has 26 heavy (non-hydrogen) atoms. The molecule has 9 heteroatoms. The molecule has 0 unspecified atom stereocenters. The first-order valence-electron chi connectivity index (χ1n) is 8.22. The van der Waals surface area contributed by atoms with Crippen molar-refractivity contribution >= 4 is 11.9 Å². The number of amides is 3. The van der Waals surface area contributed by atoms with Crippen LogP contribution in [0.2, 0.25) is 0 Å². The molecule has 3 aliphatic rings. The van der Waals surface area contributed by atoms with Crippen LogP contribution in [0.1, 0.15) is 30.4 Å². The minimum Gasteiger partial charge on any atom is -0.496 e. The number of hydrogen-bond acceptors (Lipinski definition) is 3. The van der Waals surface area contributed by atoms with Gasteiger partial charge in [-0.05, 0) is 43.4 Å². The standard InChI is InChI=1S/C17H20F3N3O3/c1-26-13-3-2-12(17(18,19)20)4-11(13)9-23(14(24)8-22-15(21)25)16-5-10(6-16)7-16/h2-4,10H,5-9H2,1H3,(H3,21,22,25). The lowest BCUT2D eigenvalue weighted by molar-refractivity contribution is -0.173. The highest BCUT2D eigenvalue weighted by Crippen LogP contribution is 2.61. The summed E-state index contributed by atoms with van der Waals surface area (Å²) >= 11 is 0. The van der Waals surface area contributed by atoms with Gasteiger partial charge in [0.25, 0.3) is 0 Å². The largest absolute Gasteiger partial charge is 0.496 e. The van der Waals surface area contributed by atoms with Crippen molar-refractivity contribution in [3.8, 4) is 5.75 Å². The Bertz CT molecular complexity index is 719. The molecule has 0 heterocycles. The van der Waals surface area contributed by atoms with E-state index < -0.39 is 17.8 Å². The Labute approximate surface area is 148 Å². The molecule has 3 amide bonds. The number of benzene rings is 1. The molecule has 1 aromatic rings. The van der Waals surface area contributed by atoms with Gasteiger partial charge in [0.15, 0.2) is 0 Å². The SMILES string of the molecule is COc1ccc(C(F)(F)F)cc1CN(C(=O)CNC(N)=O)C12CC(C1)C2. The number of nitrogens with zero attached hydrogens (tertiary/aromatic N) is 1. The van der Waals surface area contributed by atoms with Gasteiger partial charge >= 0.3 is 12.2 Å². The first-order valence-corrected chi connectivity index (χ1v) is 8.22. The van der Waals surface area contributed by atoms with E-state index >= 15 is 0 Å². The first-order chi connectivity index (χ1) is 12.1. The third kappa shape index (κ3) is 3.30. The van der Waals surface area contributed by atoms with E-state index in [9.17, 15) is 22.8 Å². The molecule has 3 fully saturated rings. The highest BCUT2D eigenvalue weighted by molar-refractivity contribution is 5.84. The number of ether oxygens (including phenoxy) is 1. The van der Waals surface area contributed by atoms with Crippen LogP contribution in [0.25, 0.3) is 0 Å². The van der Waals surface area contributed by atoms with Crippen LogP contribution >= 0.6 is 0 Å². The van der Waals surface area contributed by atoms with E-state index in [0.29, 0.717) is 5.92 Å². The third-order valence-electron chi connectivity index (χ3n) is 5.23. The highest BCUT2D eigenvalue weighted by atomic mass is 19.4. The molecule has 0 aromatic heterocycles. The second-order valence-corrected chi connectivity index (χ2v) is 6.92. The van der Waals surface area contributed by atoms with E-state index in [4.69, 9.17) is 10.5 Å². The van der Waals surface area contributed by atoms with E-state index in [1.165, 1.54) is 13.2 Å². The summed E-state index contributed by atoms with van der Waals surface area (Å²) in [4.78, 5) is 25.0. The Morgan fingerprint density at radius 3 is 2.46 bits per heavy atom. The third-order valence-corrected chi connectivity index (χ3v) is 5.23. The van der Waals surface area contributed by atoms with Gasteiger partial charge in [-0.15, -0.1) is 0 Å². The smallest absolute Gasteiger partial charge is 0.416 e. The summed E-state index contributed by atoms with van der Waals surface area (Å²) in [5, 5.41) is 2.25. The Balaban J connectivity index is 1.86. The van der Waals surface area contributed by atoms with Gasteiger partial charge in [0.2, 0.25) is 5.91 Å². The summed E-state index contributed by atoms with van der Waals surface area (Å²) in [5.41, 5.74) is 4.15. The molecule has 6 nitrogen and oxygen atoms in total. The number of nitrogens with two attached hydrogens (primary N) is 1. The van der Waals surface area contributed by atoms with Crippen molar-refractivity contribution in [3.63, 3.8) is 0 Å². The zero-order valence-electron chi connectivity index (χ0n) is 14.2. The van der Waals surface area contributed by atoms with Crippen molar-refractivity contribution in [3.05, 3.63) is 29.3 Å². The van der Waals surface area contributed by atoms with Gasteiger partial charge in [-0.25, -0.2) is 4.79 Å². The normalized spacial score (nSPS) is 23.5. The predicted octanol–water partition coefficient (Wildman–Crippen LogP) is 2.26. The first kappa shape index (κ1) is 18.3. The molecule has 0 atom stereocenters. The van der Waals surface area contributed by atoms with E-state index in [-0.39, 0.29) is 35.8 Å². The Kier molecular flexibility index (Phi) is 4.49. The topological polar surface area (TPSA) is 84.7 Å². The Hall–Kier alpha value is -2.45. The van der Waals surface area contributed by atoms with Crippen LogP contribution in [0.4, 0.5) is 18.0 Å². The minimum atomic E-state index is -4.49. The van der Waals surface area contributed by atoms with Gasteiger partial charge < -0.3 is 20.7 Å². The van der Waals surface area contributed by atoms with Crippen LogP contribution < -0.4 is 15.8 Å². The van der Waals surface area contributed by atoms with Crippen molar-refractivity contribution in [2.24, 2.45) is 11.7 Å². The summed E-state index contributed by atoms with van der Waals surface area (Å²) in [5.74, 6) is 0.476. The van der Waals surface area contributed by atoms with Gasteiger partial charge in [0.1, 0.15) is 5.75 Å². The van der Waals surface area contributed by atoms with E-state index in [1.807, 2.05) is 0 Å². The van der Waals surface area contributed by atoms with Gasteiger partial charge in [0, 0.05) is 17.6 Å². The summed E-state index contributed by atoms with van der Waals surface area (Å²) in [6.07, 6.45) is -2.00. The minimum absolute atomic E-state index is 0.0148. The molecule has 1 aromatic carbocycles. The van der Waals surface area contributed by atoms with Gasteiger partial charge in [-0.2, -0.15) is 13.2 Å². The quantitative estimate of drug-likeness (QED) is 0.805. The van der Waals surface area contributed by atoms with Crippen molar-refractivity contribution in [2.45, 2.75) is 37.5 Å². The van der Waals surface area contributed by atoms with E-state index in [0.717, 1.165) is 31.4 Å². The lowest BCUT2D eigenvalue weighted by atomic mass is 9.49. The number of urea groups is 1. The van der Waals surface area contributed by atoms with Crippen LogP contribution in [0.15, 0.2) is 18.2 Å². The lowest BCUT2D eigenvalue weighted by Gasteiger charge is -2.66. The van der Waals surface area contributed by atoms with Gasteiger partial charge in [-0.1, -0.05) is 0 Å². The number of hydrogen-bond donors (Lipinski definition) is 2. The highest BCUT2D eigenvalue weighted by Gasteiger charge is 2.61. The molecule has 0 spiro atoms. The van der Waals surface area contributed by atoms with E-state index in [2.05, 4.69) is 5.32 Å². The zero-order chi connectivity index (χ0) is 19.1. The molecule has 0 saturated heterocycles. The average Bonchev–Trinajstić information content (AvgIpc) is 2.47. The molecule has 0 aliphatic heterocycles. The fraction of sp³-hybridized carbons (Fsp3) is 0.529. The molecule has 2 bridgehead atoms. The monoisotopic (exact) mass is 371 g/mol. The Morgan fingerprint density at radius 1 is 1.35 bits per heavy atom. The van der Waals surface area contributed by atoms with Gasteiger partial charge in [0.05, 0.1) is 19.2 Å². The number of carbonyl (C=O) groups is 2. The maximum atomic E-state index is 13.0. The maximum absolute atomic E-state index is 13.0. The van der Waals surface area contributed by atoms with Crippen molar-refractivity contribution in [1.82, 2.24) is 10.2 Å². The number of carbonyl (C=O) groups excluding carboxylic acids is 2. The predicted molar refractivity (Wildman–Crippen MR) is 86.2 cm³/mol. The fourth-order valence-corrected chi connectivity index (χ4v) is 3.79. The number of halogens is 3. The van der Waals surface area contributed by atoms with Crippen LogP contribution in [0, 0.1) is 5.92 Å². The summed E-state index contributed by atoms with van der Waals surface area (Å²) in [7, 11) is 1.37. The lowest BCUT2D eigenvalue weighted by Crippen LogP contribution is -2.70. The summed E-state index contributed by atoms with van der Waals surface area (Å²) < 4.78 is 44.3. The maximum Gasteiger partial charge on any atom is 0.416 e. The zero-order valence-corrected chi connectivity index (χ0v) is 14.2. The second-order valence-electron chi connectivity index (χ2n) is 6.92. The molecule has 4 rings (SSSR count). The number of rotatable bonds is 6. The van der Waals surface area contributed by atoms with Crippen molar-refractivity contribution in [1.29, 1.82) is 0 Å². The molecular formula is C17H20F3N3O3. The van der Waals surface area contributed by atoms with Crippen LogP contribution in [0.3, 0.4) is 0 Å². The Morgan fingerprint density at radius 2 is 2.00 bits per heavy atom. The van der Waals surface area contributed by atoms with Gasteiger partial charge in [-0.3, -0.25) is 4.79 Å². The molecule has 3 N–H and O–H groups in total. The number of primary amides is 1. The fourth-order valence-electron chi connectivity index (χ4n) is 3.79. The molecule has 0 radical (unpaired) electrons. The average molecular weight is 371 g/mol. The molecule has 3 saturated carbocycles. The number of methoxy groups -OCH3 is 1. The number of nitrogens with one attached hydrogen (secondary N) is 1. The van der Waals surface area contributed by atoms with Crippen molar-refractivity contribution < 1.29 is 27.5 Å². The van der Waals surface area contributed by atoms with Crippen LogP contribution in [-0.4, -0.2) is 36.0 Å². The second kappa shape index (κ2) is 6.37. The summed E-state index contributed by atoms with van der Waals surface area (Å²) in [6.45, 7) is -0.303. The molecule has 3 aliphatic carbocycles. The molecular weight excluding hydrogens is 351 g/mol. The van der Waals surface area contributed by atoms with Crippen molar-refractivity contribution in [2.75, 3.05) is 13.7 Å². The summed E-state index contributed by atoms with van der Waals surface area (Å²) in [6, 6.07) is 2.38. The van der Waals surface area contributed by atoms with Crippen LogP contribution in [-0.2, 0) is 17.5 Å².